The largest absolute Gasteiger partial charge is 0.352 e. The van der Waals surface area contributed by atoms with Crippen molar-refractivity contribution in [2.24, 2.45) is 5.73 Å². The van der Waals surface area contributed by atoms with Gasteiger partial charge in [-0.3, -0.25) is 9.69 Å². The van der Waals surface area contributed by atoms with E-state index in [1.54, 1.807) is 0 Å². The lowest BCUT2D eigenvalue weighted by atomic mass is 9.90. The van der Waals surface area contributed by atoms with Crippen LogP contribution in [-0.2, 0) is 4.79 Å². The molecule has 0 atom stereocenters. The van der Waals surface area contributed by atoms with E-state index in [1.165, 1.54) is 19.3 Å². The van der Waals surface area contributed by atoms with Crippen LogP contribution in [0.25, 0.3) is 0 Å². The Morgan fingerprint density at radius 1 is 1.10 bits per heavy atom. The zero-order chi connectivity index (χ0) is 14.4. The quantitative estimate of drug-likeness (QED) is 0.810. The van der Waals surface area contributed by atoms with Gasteiger partial charge >= 0.3 is 0 Å². The molecule has 2 aliphatic carbocycles. The van der Waals surface area contributed by atoms with E-state index < -0.39 is 0 Å². The van der Waals surface area contributed by atoms with Crippen LogP contribution >= 0.6 is 0 Å². The fraction of sp³-hybridized carbons (Fsp3) is 0.938. The molecular formula is C16H31N3O. The summed E-state index contributed by atoms with van der Waals surface area (Å²) in [5.41, 5.74) is 5.97. The fourth-order valence-corrected chi connectivity index (χ4v) is 3.67. The summed E-state index contributed by atoms with van der Waals surface area (Å²) < 4.78 is 0. The van der Waals surface area contributed by atoms with E-state index >= 15 is 0 Å². The second kappa shape index (κ2) is 7.99. The third-order valence-electron chi connectivity index (χ3n) is 4.98. The van der Waals surface area contributed by atoms with Crippen LogP contribution in [0.15, 0.2) is 0 Å². The van der Waals surface area contributed by atoms with Crippen molar-refractivity contribution < 1.29 is 4.79 Å². The molecule has 0 saturated heterocycles. The molecule has 1 amide bonds. The second-order valence-electron chi connectivity index (χ2n) is 6.53. The lowest BCUT2D eigenvalue weighted by Gasteiger charge is -2.35. The molecule has 2 rings (SSSR count). The maximum Gasteiger partial charge on any atom is 0.234 e. The van der Waals surface area contributed by atoms with Crippen LogP contribution in [0.5, 0.6) is 0 Å². The Morgan fingerprint density at radius 3 is 2.35 bits per heavy atom. The number of rotatable bonds is 5. The van der Waals surface area contributed by atoms with Gasteiger partial charge in [0.25, 0.3) is 0 Å². The first-order valence-corrected chi connectivity index (χ1v) is 8.48. The molecule has 0 unspecified atom stereocenters. The van der Waals surface area contributed by atoms with E-state index in [0.29, 0.717) is 24.7 Å². The maximum absolute atomic E-state index is 12.2. The average Bonchev–Trinajstić information content (AvgIpc) is 2.47. The van der Waals surface area contributed by atoms with E-state index in [-0.39, 0.29) is 5.91 Å². The number of carbonyl (C=O) groups excluding carboxylic acids is 1. The van der Waals surface area contributed by atoms with Crippen LogP contribution in [0.4, 0.5) is 0 Å². The van der Waals surface area contributed by atoms with Crippen molar-refractivity contribution in [3.8, 4) is 0 Å². The summed E-state index contributed by atoms with van der Waals surface area (Å²) in [6.07, 6.45) is 10.7. The van der Waals surface area contributed by atoms with Gasteiger partial charge < -0.3 is 11.1 Å². The number of likely N-dealkylation sites (N-methyl/N-ethyl adjacent to an activating group) is 1. The van der Waals surface area contributed by atoms with E-state index in [2.05, 4.69) is 17.1 Å². The molecule has 0 bridgehead atoms. The summed E-state index contributed by atoms with van der Waals surface area (Å²) in [6.45, 7) is 3.67. The monoisotopic (exact) mass is 281 g/mol. The Morgan fingerprint density at radius 2 is 1.75 bits per heavy atom. The van der Waals surface area contributed by atoms with Gasteiger partial charge in [0.1, 0.15) is 0 Å². The lowest BCUT2D eigenvalue weighted by Crippen LogP contribution is -2.47. The molecule has 3 N–H and O–H groups in total. The van der Waals surface area contributed by atoms with Crippen LogP contribution in [0.3, 0.4) is 0 Å². The highest BCUT2D eigenvalue weighted by atomic mass is 16.2. The number of amides is 1. The molecule has 0 radical (unpaired) electrons. The maximum atomic E-state index is 12.2. The molecule has 2 saturated carbocycles. The Labute approximate surface area is 123 Å². The van der Waals surface area contributed by atoms with Crippen LogP contribution < -0.4 is 11.1 Å². The number of nitrogens with one attached hydrogen (secondary N) is 1. The number of nitrogens with zero attached hydrogens (tertiary/aromatic N) is 1. The SMILES string of the molecule is CCN(CC(=O)NC1CCCCC1)C1CCC(N)CC1. The molecule has 2 aliphatic rings. The van der Waals surface area contributed by atoms with Crippen LogP contribution in [-0.4, -0.2) is 42.0 Å². The van der Waals surface area contributed by atoms with Crippen molar-refractivity contribution in [2.45, 2.75) is 82.8 Å². The molecule has 0 spiro atoms. The first-order valence-electron chi connectivity index (χ1n) is 8.48. The zero-order valence-electron chi connectivity index (χ0n) is 12.9. The van der Waals surface area contributed by atoms with Gasteiger partial charge in [-0.15, -0.1) is 0 Å². The molecule has 0 aliphatic heterocycles. The summed E-state index contributed by atoms with van der Waals surface area (Å²) in [7, 11) is 0. The van der Waals surface area contributed by atoms with Crippen molar-refractivity contribution in [3.63, 3.8) is 0 Å². The van der Waals surface area contributed by atoms with E-state index in [0.717, 1.165) is 45.1 Å². The van der Waals surface area contributed by atoms with Crippen molar-refractivity contribution in [2.75, 3.05) is 13.1 Å². The molecule has 0 aromatic rings. The molecule has 4 heteroatoms. The van der Waals surface area contributed by atoms with Crippen molar-refractivity contribution in [3.05, 3.63) is 0 Å². The smallest absolute Gasteiger partial charge is 0.234 e. The van der Waals surface area contributed by atoms with Gasteiger partial charge in [0.05, 0.1) is 6.54 Å². The minimum atomic E-state index is 0.216. The average molecular weight is 281 g/mol. The van der Waals surface area contributed by atoms with Crippen molar-refractivity contribution in [1.82, 2.24) is 10.2 Å². The fourth-order valence-electron chi connectivity index (χ4n) is 3.67. The summed E-state index contributed by atoms with van der Waals surface area (Å²) in [5.74, 6) is 0.216. The topological polar surface area (TPSA) is 58.4 Å². The Kier molecular flexibility index (Phi) is 6.30. The van der Waals surface area contributed by atoms with Crippen molar-refractivity contribution in [1.29, 1.82) is 0 Å². The normalized spacial score (nSPS) is 28.6. The third kappa shape index (κ3) is 4.74. The molecule has 2 fully saturated rings. The number of hydrogen-bond acceptors (Lipinski definition) is 3. The summed E-state index contributed by atoms with van der Waals surface area (Å²) in [6, 6.07) is 1.35. The summed E-state index contributed by atoms with van der Waals surface area (Å²) in [5, 5.41) is 3.23. The number of carbonyl (C=O) groups is 1. The lowest BCUT2D eigenvalue weighted by molar-refractivity contribution is -0.123. The van der Waals surface area contributed by atoms with Gasteiger partial charge in [-0.1, -0.05) is 26.2 Å². The Bertz CT molecular complexity index is 294. The first kappa shape index (κ1) is 15.8. The van der Waals surface area contributed by atoms with Gasteiger partial charge in [-0.05, 0) is 45.1 Å². The third-order valence-corrected chi connectivity index (χ3v) is 4.98. The number of hydrogen-bond donors (Lipinski definition) is 2. The van der Waals surface area contributed by atoms with Gasteiger partial charge in [0, 0.05) is 18.1 Å². The minimum Gasteiger partial charge on any atom is -0.352 e. The number of nitrogens with two attached hydrogens (primary N) is 1. The van der Waals surface area contributed by atoms with Crippen LogP contribution in [0, 0.1) is 0 Å². The first-order chi connectivity index (χ1) is 9.69. The molecule has 0 aromatic heterocycles. The molecule has 20 heavy (non-hydrogen) atoms. The van der Waals surface area contributed by atoms with E-state index in [4.69, 9.17) is 5.73 Å². The van der Waals surface area contributed by atoms with Crippen LogP contribution in [0.1, 0.15) is 64.7 Å². The zero-order valence-corrected chi connectivity index (χ0v) is 12.9. The van der Waals surface area contributed by atoms with Gasteiger partial charge in [-0.25, -0.2) is 0 Å². The summed E-state index contributed by atoms with van der Waals surface area (Å²) in [4.78, 5) is 14.5. The molecule has 116 valence electrons. The highest BCUT2D eigenvalue weighted by Crippen LogP contribution is 2.22. The Hall–Kier alpha value is -0.610. The van der Waals surface area contributed by atoms with Crippen molar-refractivity contribution >= 4 is 5.91 Å². The van der Waals surface area contributed by atoms with Gasteiger partial charge in [0.15, 0.2) is 0 Å². The van der Waals surface area contributed by atoms with Gasteiger partial charge in [0.2, 0.25) is 5.91 Å². The van der Waals surface area contributed by atoms with Crippen LogP contribution in [0.2, 0.25) is 0 Å². The van der Waals surface area contributed by atoms with E-state index in [9.17, 15) is 4.79 Å². The molecule has 0 aromatic carbocycles. The summed E-state index contributed by atoms with van der Waals surface area (Å²) >= 11 is 0. The highest BCUT2D eigenvalue weighted by Gasteiger charge is 2.25. The molecule has 4 nitrogen and oxygen atoms in total. The van der Waals surface area contributed by atoms with E-state index in [1.807, 2.05) is 0 Å². The predicted molar refractivity (Wildman–Crippen MR) is 82.5 cm³/mol. The molecule has 0 heterocycles. The highest BCUT2D eigenvalue weighted by molar-refractivity contribution is 5.78. The minimum absolute atomic E-state index is 0.216. The van der Waals surface area contributed by atoms with Gasteiger partial charge in [-0.2, -0.15) is 0 Å². The Balaban J connectivity index is 1.75. The standard InChI is InChI=1S/C16H31N3O/c1-2-19(15-10-8-13(17)9-11-15)12-16(20)18-14-6-4-3-5-7-14/h13-15H,2-12,17H2,1H3,(H,18,20). The second-order valence-corrected chi connectivity index (χ2v) is 6.53. The molecular weight excluding hydrogens is 250 g/mol. The predicted octanol–water partition coefficient (Wildman–Crippen LogP) is 2.03.